The highest BCUT2D eigenvalue weighted by atomic mass is 16.5. The molecule has 1 saturated carbocycles. The van der Waals surface area contributed by atoms with E-state index >= 15 is 0 Å². The summed E-state index contributed by atoms with van der Waals surface area (Å²) in [7, 11) is 15.3. The summed E-state index contributed by atoms with van der Waals surface area (Å²) in [6.45, 7) is 33.1. The molecular formula is C61H120O9. The Bertz CT molecular complexity index is 1160. The molecular weight excluding hydrogens is 877 g/mol. The van der Waals surface area contributed by atoms with E-state index in [1.165, 1.54) is 92.9 Å². The van der Waals surface area contributed by atoms with E-state index in [4.69, 9.17) is 42.6 Å². The molecule has 2 aliphatic rings. The molecule has 2 unspecified atom stereocenters. The fourth-order valence-electron chi connectivity index (χ4n) is 5.00. The molecule has 0 heterocycles. The third kappa shape index (κ3) is 91.6. The van der Waals surface area contributed by atoms with Crippen LogP contribution >= 0.6 is 0 Å². The predicted molar refractivity (Wildman–Crippen MR) is 312 cm³/mol. The highest BCUT2D eigenvalue weighted by Gasteiger charge is 2.09. The molecule has 0 aromatic carbocycles. The van der Waals surface area contributed by atoms with E-state index in [0.29, 0.717) is 0 Å². The maximum absolute atomic E-state index is 5.01. The number of unbranched alkanes of at least 4 members (excludes halogenated alkanes) is 1. The molecule has 0 aliphatic heterocycles. The van der Waals surface area contributed by atoms with Crippen LogP contribution in [0.2, 0.25) is 0 Å². The monoisotopic (exact) mass is 997 g/mol. The lowest BCUT2D eigenvalue weighted by Crippen LogP contribution is -2.02. The van der Waals surface area contributed by atoms with Crippen molar-refractivity contribution in [2.45, 2.75) is 172 Å². The zero-order valence-corrected chi connectivity index (χ0v) is 48.9. The first-order valence-corrected chi connectivity index (χ1v) is 25.5. The SMILES string of the molecule is C.C/C=C/COC.C=CC(C)OC.C=CC(CC)OC.CC/C=C/COC.CCC/C=C/COC.COC/C=C/C1CCCCC1.COCC(C)=C(C)C.COCC1=CCCCC1.COCC=C(C)C. The first-order chi connectivity index (χ1) is 33.2. The molecule has 0 aromatic rings. The average Bonchev–Trinajstić information content (AvgIpc) is 3.37. The van der Waals surface area contributed by atoms with E-state index in [9.17, 15) is 0 Å². The predicted octanol–water partition coefficient (Wildman–Crippen LogP) is 16.7. The molecule has 0 aromatic heterocycles. The Labute approximate surface area is 437 Å². The summed E-state index contributed by atoms with van der Waals surface area (Å²) < 4.78 is 43.6. The van der Waals surface area contributed by atoms with Gasteiger partial charge in [-0.1, -0.05) is 138 Å². The molecule has 0 spiro atoms. The van der Waals surface area contributed by atoms with Crippen molar-refractivity contribution < 1.29 is 42.6 Å². The molecule has 0 N–H and O–H groups in total. The topological polar surface area (TPSA) is 83.1 Å². The summed E-state index contributed by atoms with van der Waals surface area (Å²) >= 11 is 0. The van der Waals surface area contributed by atoms with Crippen LogP contribution in [0.3, 0.4) is 0 Å². The van der Waals surface area contributed by atoms with Crippen molar-refractivity contribution in [2.24, 2.45) is 5.92 Å². The van der Waals surface area contributed by atoms with Crippen molar-refractivity contribution in [2.75, 3.05) is 110 Å². The van der Waals surface area contributed by atoms with Crippen LogP contribution in [-0.4, -0.2) is 122 Å². The van der Waals surface area contributed by atoms with Gasteiger partial charge in [0.05, 0.1) is 58.5 Å². The minimum Gasteiger partial charge on any atom is -0.381 e. The highest BCUT2D eigenvalue weighted by Crippen LogP contribution is 2.24. The standard InChI is InChI=1S/C10H18O.C8H14O.2C7H14O.3C6H12O.2C5H10O.CH4/c1-11-9-5-8-10-6-3-2-4-7-10;1-9-7-8-5-3-2-4-6-8;1-6(2)7(3)5-8-4;1-3-4-5-6-7-8-2;1-6(2)4-5-7-3;1-4-6(5-2)7-3;1-3-4-5-6-7-2;1-4-5(2)6-3;1-3-4-5-6-2;/h5,8,10H,2-4,6-7,9H2,1H3;5H,2-4,6-7H2,1H3;5H2,1-4H3;5-6H,3-4,7H2,1-2H3;4H,5H2,1-3H3;4,6H,1,5H2,2-3H3;4-5H,3,6H2,1-2H3;4-5H,1H2,2-3H3;3-4H,5H2,1-2H3;1H4/b8-5+;;;6-5+;;;5-4+;;4-3+;. The lowest BCUT2D eigenvalue weighted by atomic mass is 9.89. The molecule has 2 aliphatic carbocycles. The fraction of sp³-hybridized carbons (Fsp3) is 0.705. The Morgan fingerprint density at radius 3 is 1.47 bits per heavy atom. The van der Waals surface area contributed by atoms with Crippen molar-refractivity contribution in [1.29, 1.82) is 0 Å². The maximum atomic E-state index is 5.01. The number of allylic oxidation sites excluding steroid dienone is 7. The number of hydrogen-bond donors (Lipinski definition) is 0. The quantitative estimate of drug-likeness (QED) is 0.0930. The Balaban J connectivity index is -0.000000104. The summed E-state index contributed by atoms with van der Waals surface area (Å²) in [5, 5.41) is 0. The Kier molecular flexibility index (Phi) is 96.6. The smallest absolute Gasteiger partial charge is 0.0746 e. The Hall–Kier alpha value is -2.70. The number of rotatable bonds is 23. The average molecular weight is 998 g/mol. The van der Waals surface area contributed by atoms with Crippen molar-refractivity contribution >= 4 is 0 Å². The van der Waals surface area contributed by atoms with Gasteiger partial charge in [-0.05, 0) is 123 Å². The van der Waals surface area contributed by atoms with Crippen LogP contribution in [-0.2, 0) is 42.6 Å². The van der Waals surface area contributed by atoms with Gasteiger partial charge in [0.25, 0.3) is 0 Å². The summed E-state index contributed by atoms with van der Waals surface area (Å²) in [4.78, 5) is 0. The molecule has 9 nitrogen and oxygen atoms in total. The van der Waals surface area contributed by atoms with Crippen molar-refractivity contribution in [3.63, 3.8) is 0 Å². The van der Waals surface area contributed by atoms with Gasteiger partial charge in [-0.3, -0.25) is 0 Å². The molecule has 1 fully saturated rings. The van der Waals surface area contributed by atoms with Gasteiger partial charge in [-0.25, -0.2) is 0 Å². The van der Waals surface area contributed by atoms with Gasteiger partial charge in [0.2, 0.25) is 0 Å². The largest absolute Gasteiger partial charge is 0.381 e. The Morgan fingerprint density at radius 1 is 0.629 bits per heavy atom. The van der Waals surface area contributed by atoms with Gasteiger partial charge in [-0.15, -0.1) is 13.2 Å². The van der Waals surface area contributed by atoms with Crippen molar-refractivity contribution in [3.05, 3.63) is 108 Å². The minimum atomic E-state index is 0. The van der Waals surface area contributed by atoms with E-state index < -0.39 is 0 Å². The second-order valence-electron chi connectivity index (χ2n) is 16.4. The van der Waals surface area contributed by atoms with Crippen LogP contribution in [0.15, 0.2) is 108 Å². The molecule has 2 atom stereocenters. The molecule has 0 radical (unpaired) electrons. The van der Waals surface area contributed by atoms with Gasteiger partial charge in [-0.2, -0.15) is 0 Å². The fourth-order valence-corrected chi connectivity index (χ4v) is 5.00. The zero-order valence-electron chi connectivity index (χ0n) is 48.9. The Morgan fingerprint density at radius 2 is 1.17 bits per heavy atom. The third-order valence-corrected chi connectivity index (χ3v) is 9.63. The zero-order chi connectivity index (χ0) is 54.0. The van der Waals surface area contributed by atoms with Gasteiger partial charge < -0.3 is 42.6 Å². The first-order valence-electron chi connectivity index (χ1n) is 25.5. The maximum Gasteiger partial charge on any atom is 0.0746 e. The van der Waals surface area contributed by atoms with E-state index in [-0.39, 0.29) is 19.6 Å². The number of methoxy groups -OCH3 is 9. The third-order valence-electron chi connectivity index (χ3n) is 9.63. The summed E-state index contributed by atoms with van der Waals surface area (Å²) in [6.07, 6.45) is 41.8. The number of hydrogen-bond acceptors (Lipinski definition) is 9. The van der Waals surface area contributed by atoms with Crippen LogP contribution < -0.4 is 0 Å². The van der Waals surface area contributed by atoms with Gasteiger partial charge >= 0.3 is 0 Å². The second-order valence-corrected chi connectivity index (χ2v) is 16.4. The van der Waals surface area contributed by atoms with Crippen molar-refractivity contribution in [3.8, 4) is 0 Å². The second kappa shape index (κ2) is 80.4. The minimum absolute atomic E-state index is 0. The molecule has 0 bridgehead atoms. The van der Waals surface area contributed by atoms with E-state index in [1.54, 1.807) is 76.1 Å². The lowest BCUT2D eigenvalue weighted by Gasteiger charge is -2.17. The highest BCUT2D eigenvalue weighted by molar-refractivity contribution is 5.06. The van der Waals surface area contributed by atoms with Crippen LogP contribution in [0.25, 0.3) is 0 Å². The molecule has 2 rings (SSSR count). The summed E-state index contributed by atoms with van der Waals surface area (Å²) in [5.74, 6) is 0.846. The summed E-state index contributed by atoms with van der Waals surface area (Å²) in [5.41, 5.74) is 5.48. The van der Waals surface area contributed by atoms with Crippen LogP contribution in [0, 0.1) is 5.92 Å². The van der Waals surface area contributed by atoms with E-state index in [0.717, 1.165) is 65.0 Å². The van der Waals surface area contributed by atoms with Crippen molar-refractivity contribution in [1.82, 2.24) is 0 Å². The van der Waals surface area contributed by atoms with Crippen LogP contribution in [0.4, 0.5) is 0 Å². The molecule has 0 amide bonds. The van der Waals surface area contributed by atoms with E-state index in [2.05, 4.69) is 98.9 Å². The lowest BCUT2D eigenvalue weighted by molar-refractivity contribution is 0.138. The normalized spacial score (nSPS) is 13.4. The molecule has 9 heteroatoms. The van der Waals surface area contributed by atoms with Gasteiger partial charge in [0.15, 0.2) is 0 Å². The molecule has 0 saturated heterocycles. The van der Waals surface area contributed by atoms with Crippen LogP contribution in [0.5, 0.6) is 0 Å². The first kappa shape index (κ1) is 84.1. The van der Waals surface area contributed by atoms with Gasteiger partial charge in [0, 0.05) is 64.0 Å². The molecule has 70 heavy (non-hydrogen) atoms. The number of ether oxygens (including phenoxy) is 9. The van der Waals surface area contributed by atoms with E-state index in [1.807, 2.05) is 44.2 Å². The molecule has 418 valence electrons. The van der Waals surface area contributed by atoms with Gasteiger partial charge in [0.1, 0.15) is 0 Å². The van der Waals surface area contributed by atoms with Crippen LogP contribution in [0.1, 0.15) is 160 Å². The summed E-state index contributed by atoms with van der Waals surface area (Å²) in [6, 6.07) is 0.